The molecule has 0 bridgehead atoms. The molecule has 0 amide bonds. The fraction of sp³-hybridized carbons (Fsp3) is 0.350. The summed E-state index contributed by atoms with van der Waals surface area (Å²) < 4.78 is 7.36. The molecule has 0 aliphatic carbocycles. The summed E-state index contributed by atoms with van der Waals surface area (Å²) in [4.78, 5) is 7.27. The van der Waals surface area contributed by atoms with Crippen LogP contribution in [0.25, 0.3) is 16.9 Å². The summed E-state index contributed by atoms with van der Waals surface area (Å²) in [6.07, 6.45) is 5.40. The molecule has 3 aromatic rings. The number of fused-ring (bicyclic) bond motifs is 1. The van der Waals surface area contributed by atoms with Crippen LogP contribution in [0.15, 0.2) is 36.7 Å². The average Bonchev–Trinajstić information content (AvgIpc) is 3.21. The monoisotopic (exact) mass is 355 g/mol. The van der Waals surface area contributed by atoms with E-state index >= 15 is 0 Å². The van der Waals surface area contributed by atoms with E-state index < -0.39 is 0 Å². The third-order valence-corrected chi connectivity index (χ3v) is 5.30. The Labute approximate surface area is 153 Å². The van der Waals surface area contributed by atoms with Gasteiger partial charge in [0, 0.05) is 42.8 Å². The SMILES string of the molecule is COc1cc(C)c(-c2cn3ccc(N4CC[C@H](C)C4)cc3n2)cc1Cl. The van der Waals surface area contributed by atoms with E-state index in [1.807, 2.05) is 12.1 Å². The first-order valence-corrected chi connectivity index (χ1v) is 9.01. The van der Waals surface area contributed by atoms with Crippen molar-refractivity contribution in [1.29, 1.82) is 0 Å². The van der Waals surface area contributed by atoms with E-state index in [1.54, 1.807) is 7.11 Å². The minimum absolute atomic E-state index is 0.604. The number of hydrogen-bond donors (Lipinski definition) is 0. The van der Waals surface area contributed by atoms with E-state index in [1.165, 1.54) is 12.1 Å². The summed E-state index contributed by atoms with van der Waals surface area (Å²) in [5.41, 5.74) is 5.26. The van der Waals surface area contributed by atoms with Crippen LogP contribution in [-0.2, 0) is 0 Å². The van der Waals surface area contributed by atoms with Crippen LogP contribution in [0.3, 0.4) is 0 Å². The third kappa shape index (κ3) is 2.95. The number of imidazole rings is 1. The van der Waals surface area contributed by atoms with Gasteiger partial charge in [0.05, 0.1) is 17.8 Å². The van der Waals surface area contributed by atoms with Crippen molar-refractivity contribution in [3.8, 4) is 17.0 Å². The first-order chi connectivity index (χ1) is 12.0. The van der Waals surface area contributed by atoms with Crippen molar-refractivity contribution in [2.45, 2.75) is 20.3 Å². The summed E-state index contributed by atoms with van der Waals surface area (Å²) in [5, 5.41) is 0.604. The Morgan fingerprint density at radius 2 is 2.12 bits per heavy atom. The zero-order chi connectivity index (χ0) is 17.6. The molecule has 0 radical (unpaired) electrons. The van der Waals surface area contributed by atoms with Gasteiger partial charge in [0.2, 0.25) is 0 Å². The number of halogens is 1. The lowest BCUT2D eigenvalue weighted by molar-refractivity contribution is 0.415. The molecular weight excluding hydrogens is 334 g/mol. The second kappa shape index (κ2) is 6.26. The Bertz CT molecular complexity index is 934. The lowest BCUT2D eigenvalue weighted by atomic mass is 10.1. The Morgan fingerprint density at radius 3 is 2.84 bits per heavy atom. The molecule has 4 nitrogen and oxygen atoms in total. The van der Waals surface area contributed by atoms with E-state index in [9.17, 15) is 0 Å². The molecule has 5 heteroatoms. The van der Waals surface area contributed by atoms with Crippen LogP contribution in [0.1, 0.15) is 18.9 Å². The molecule has 4 rings (SSSR count). The minimum Gasteiger partial charge on any atom is -0.495 e. The smallest absolute Gasteiger partial charge is 0.139 e. The number of ether oxygens (including phenoxy) is 1. The summed E-state index contributed by atoms with van der Waals surface area (Å²) in [5.74, 6) is 1.45. The average molecular weight is 356 g/mol. The summed E-state index contributed by atoms with van der Waals surface area (Å²) in [6.45, 7) is 6.60. The molecular formula is C20H22ClN3O. The number of hydrogen-bond acceptors (Lipinski definition) is 3. The Morgan fingerprint density at radius 1 is 1.28 bits per heavy atom. The number of anilines is 1. The standard InChI is InChI=1S/C20H22ClN3O/c1-13-4-6-23(11-13)15-5-7-24-12-18(22-20(24)9-15)16-10-17(21)19(25-3)8-14(16)2/h5,7-10,12-13H,4,6,11H2,1-3H3/t13-/m0/s1. The van der Waals surface area contributed by atoms with Crippen LogP contribution in [0.5, 0.6) is 5.75 Å². The van der Waals surface area contributed by atoms with Gasteiger partial charge in [-0.15, -0.1) is 0 Å². The Balaban J connectivity index is 1.73. The first-order valence-electron chi connectivity index (χ1n) is 8.63. The number of aromatic nitrogens is 2. The zero-order valence-electron chi connectivity index (χ0n) is 14.8. The predicted molar refractivity (Wildman–Crippen MR) is 103 cm³/mol. The van der Waals surface area contributed by atoms with Gasteiger partial charge < -0.3 is 14.0 Å². The molecule has 130 valence electrons. The van der Waals surface area contributed by atoms with Crippen molar-refractivity contribution in [3.05, 3.63) is 47.2 Å². The van der Waals surface area contributed by atoms with E-state index in [4.69, 9.17) is 21.3 Å². The molecule has 1 aliphatic heterocycles. The van der Waals surface area contributed by atoms with Crippen molar-refractivity contribution in [2.24, 2.45) is 5.92 Å². The maximum Gasteiger partial charge on any atom is 0.139 e. The van der Waals surface area contributed by atoms with Gasteiger partial charge in [-0.25, -0.2) is 4.98 Å². The normalized spacial score (nSPS) is 17.4. The molecule has 0 unspecified atom stereocenters. The number of benzene rings is 1. The minimum atomic E-state index is 0.604. The molecule has 0 saturated carbocycles. The summed E-state index contributed by atoms with van der Waals surface area (Å²) in [7, 11) is 1.63. The lowest BCUT2D eigenvalue weighted by Gasteiger charge is -2.17. The Hall–Kier alpha value is -2.20. The topological polar surface area (TPSA) is 29.8 Å². The maximum absolute atomic E-state index is 6.31. The number of rotatable bonds is 3. The van der Waals surface area contributed by atoms with Gasteiger partial charge in [0.1, 0.15) is 11.4 Å². The highest BCUT2D eigenvalue weighted by Gasteiger charge is 2.19. The van der Waals surface area contributed by atoms with Crippen molar-refractivity contribution in [2.75, 3.05) is 25.1 Å². The molecule has 2 aromatic heterocycles. The van der Waals surface area contributed by atoms with Crippen molar-refractivity contribution < 1.29 is 4.74 Å². The molecule has 1 fully saturated rings. The summed E-state index contributed by atoms with van der Waals surface area (Å²) in [6, 6.07) is 8.23. The van der Waals surface area contributed by atoms with Crippen LogP contribution in [0.4, 0.5) is 5.69 Å². The maximum atomic E-state index is 6.31. The zero-order valence-corrected chi connectivity index (χ0v) is 15.5. The fourth-order valence-electron chi connectivity index (χ4n) is 3.55. The molecule has 1 saturated heterocycles. The van der Waals surface area contributed by atoms with Crippen molar-refractivity contribution in [1.82, 2.24) is 9.38 Å². The quantitative estimate of drug-likeness (QED) is 0.674. The molecule has 1 aromatic carbocycles. The fourth-order valence-corrected chi connectivity index (χ4v) is 3.80. The Kier molecular flexibility index (Phi) is 4.08. The highest BCUT2D eigenvalue weighted by Crippen LogP contribution is 2.33. The van der Waals surface area contributed by atoms with Crippen LogP contribution in [-0.4, -0.2) is 29.6 Å². The number of methoxy groups -OCH3 is 1. The predicted octanol–water partition coefficient (Wildman–Crippen LogP) is 4.82. The van der Waals surface area contributed by atoms with E-state index in [2.05, 4.69) is 47.7 Å². The van der Waals surface area contributed by atoms with Gasteiger partial charge in [0.15, 0.2) is 0 Å². The van der Waals surface area contributed by atoms with Crippen molar-refractivity contribution in [3.63, 3.8) is 0 Å². The van der Waals surface area contributed by atoms with Crippen LogP contribution in [0, 0.1) is 12.8 Å². The largest absolute Gasteiger partial charge is 0.495 e. The van der Waals surface area contributed by atoms with Crippen LogP contribution < -0.4 is 9.64 Å². The highest BCUT2D eigenvalue weighted by atomic mass is 35.5. The van der Waals surface area contributed by atoms with Gasteiger partial charge in [-0.1, -0.05) is 18.5 Å². The molecule has 0 spiro atoms. The first kappa shape index (κ1) is 16.3. The van der Waals surface area contributed by atoms with Gasteiger partial charge >= 0.3 is 0 Å². The number of nitrogens with zero attached hydrogens (tertiary/aromatic N) is 3. The van der Waals surface area contributed by atoms with Gasteiger partial charge in [-0.3, -0.25) is 0 Å². The van der Waals surface area contributed by atoms with Gasteiger partial charge in [-0.05, 0) is 43.0 Å². The second-order valence-corrected chi connectivity index (χ2v) is 7.33. The molecule has 1 atom stereocenters. The van der Waals surface area contributed by atoms with Crippen molar-refractivity contribution >= 4 is 22.9 Å². The molecule has 25 heavy (non-hydrogen) atoms. The third-order valence-electron chi connectivity index (χ3n) is 5.01. The van der Waals surface area contributed by atoms with E-state index in [-0.39, 0.29) is 0 Å². The van der Waals surface area contributed by atoms with Crippen LogP contribution >= 0.6 is 11.6 Å². The lowest BCUT2D eigenvalue weighted by Crippen LogP contribution is -2.18. The van der Waals surface area contributed by atoms with Gasteiger partial charge in [0.25, 0.3) is 0 Å². The van der Waals surface area contributed by atoms with Gasteiger partial charge in [-0.2, -0.15) is 0 Å². The highest BCUT2D eigenvalue weighted by molar-refractivity contribution is 6.32. The van der Waals surface area contributed by atoms with E-state index in [0.29, 0.717) is 10.8 Å². The molecule has 0 N–H and O–H groups in total. The second-order valence-electron chi connectivity index (χ2n) is 6.92. The van der Waals surface area contributed by atoms with E-state index in [0.717, 1.165) is 41.5 Å². The number of pyridine rings is 1. The number of aryl methyl sites for hydroxylation is 1. The summed E-state index contributed by atoms with van der Waals surface area (Å²) >= 11 is 6.31. The molecule has 3 heterocycles. The molecule has 1 aliphatic rings. The van der Waals surface area contributed by atoms with Crippen LogP contribution in [0.2, 0.25) is 5.02 Å².